The van der Waals surface area contributed by atoms with Crippen LogP contribution >= 0.6 is 0 Å². The van der Waals surface area contributed by atoms with Crippen LogP contribution in [-0.4, -0.2) is 29.2 Å². The molecule has 0 radical (unpaired) electrons. The van der Waals surface area contributed by atoms with Crippen molar-refractivity contribution in [3.05, 3.63) is 18.1 Å². The van der Waals surface area contributed by atoms with Crippen molar-refractivity contribution in [2.45, 2.75) is 38.7 Å². The third kappa shape index (κ3) is 2.92. The number of piperidine rings is 1. The van der Waals surface area contributed by atoms with Gasteiger partial charge in [-0.25, -0.2) is 4.98 Å². The molecule has 1 fully saturated rings. The Kier molecular flexibility index (Phi) is 3.72. The van der Waals surface area contributed by atoms with E-state index >= 15 is 0 Å². The summed E-state index contributed by atoms with van der Waals surface area (Å²) in [5.74, 6) is 1.89. The zero-order valence-corrected chi connectivity index (χ0v) is 9.94. The molecule has 4 heteroatoms. The van der Waals surface area contributed by atoms with Crippen LogP contribution in [0.1, 0.15) is 38.4 Å². The van der Waals surface area contributed by atoms with Crippen molar-refractivity contribution < 1.29 is 4.74 Å². The zero-order valence-electron chi connectivity index (χ0n) is 9.94. The molecule has 0 aliphatic carbocycles. The summed E-state index contributed by atoms with van der Waals surface area (Å²) in [7, 11) is 0. The van der Waals surface area contributed by atoms with Crippen LogP contribution in [0.25, 0.3) is 0 Å². The van der Waals surface area contributed by atoms with Gasteiger partial charge in [0.05, 0.1) is 0 Å². The Morgan fingerprint density at radius 2 is 2.38 bits per heavy atom. The lowest BCUT2D eigenvalue weighted by molar-refractivity contribution is 0.159. The second kappa shape index (κ2) is 5.25. The summed E-state index contributed by atoms with van der Waals surface area (Å²) < 4.78 is 5.83. The Morgan fingerprint density at radius 3 is 3.06 bits per heavy atom. The molecule has 2 heterocycles. The highest BCUT2D eigenvalue weighted by molar-refractivity contribution is 5.10. The number of rotatable bonds is 3. The number of ether oxygens (including phenoxy) is 1. The highest BCUT2D eigenvalue weighted by Gasteiger charge is 2.15. The van der Waals surface area contributed by atoms with Crippen molar-refractivity contribution in [2.24, 2.45) is 0 Å². The van der Waals surface area contributed by atoms with Crippen LogP contribution in [0.2, 0.25) is 0 Å². The van der Waals surface area contributed by atoms with E-state index in [-0.39, 0.29) is 6.10 Å². The monoisotopic (exact) mass is 221 g/mol. The molecule has 1 aromatic heterocycles. The van der Waals surface area contributed by atoms with Gasteiger partial charge in [-0.05, 0) is 19.4 Å². The number of aromatic nitrogens is 2. The van der Waals surface area contributed by atoms with E-state index in [1.54, 1.807) is 6.20 Å². The number of hydrogen-bond acceptors (Lipinski definition) is 4. The largest absolute Gasteiger partial charge is 0.473 e. The summed E-state index contributed by atoms with van der Waals surface area (Å²) in [6.45, 7) is 6.18. The second-order valence-corrected chi connectivity index (χ2v) is 4.49. The Morgan fingerprint density at radius 1 is 1.50 bits per heavy atom. The molecular weight excluding hydrogens is 202 g/mol. The van der Waals surface area contributed by atoms with Gasteiger partial charge in [0.2, 0.25) is 5.88 Å². The zero-order chi connectivity index (χ0) is 11.4. The molecule has 88 valence electrons. The van der Waals surface area contributed by atoms with Gasteiger partial charge in [0.25, 0.3) is 0 Å². The normalized spacial score (nSPS) is 21.1. The lowest BCUT2D eigenvalue weighted by atomic mass is 10.1. The van der Waals surface area contributed by atoms with E-state index < -0.39 is 0 Å². The topological polar surface area (TPSA) is 47.0 Å². The number of nitrogens with zero attached hydrogens (tertiary/aromatic N) is 2. The average Bonchev–Trinajstić information content (AvgIpc) is 2.30. The van der Waals surface area contributed by atoms with E-state index in [0.717, 1.165) is 25.3 Å². The van der Waals surface area contributed by atoms with Crippen LogP contribution in [0.3, 0.4) is 0 Å². The third-order valence-electron chi connectivity index (χ3n) is 2.70. The van der Waals surface area contributed by atoms with Crippen LogP contribution in [0, 0.1) is 0 Å². The van der Waals surface area contributed by atoms with Crippen molar-refractivity contribution in [3.8, 4) is 5.88 Å². The third-order valence-corrected chi connectivity index (χ3v) is 2.70. The van der Waals surface area contributed by atoms with Crippen molar-refractivity contribution in [1.29, 1.82) is 0 Å². The fourth-order valence-corrected chi connectivity index (χ4v) is 1.79. The average molecular weight is 221 g/mol. The summed E-state index contributed by atoms with van der Waals surface area (Å²) in [6.07, 6.45) is 4.30. The summed E-state index contributed by atoms with van der Waals surface area (Å²) in [5, 5.41) is 3.32. The molecule has 0 spiro atoms. The minimum absolute atomic E-state index is 0.253. The highest BCUT2D eigenvalue weighted by Crippen LogP contribution is 2.15. The standard InChI is InChI=1S/C12H19N3O/c1-9(2)12-14-7-5-11(15-12)16-10-4-3-6-13-8-10/h5,7,9-10,13H,3-4,6,8H2,1-2H3. The van der Waals surface area contributed by atoms with Crippen LogP contribution in [0.5, 0.6) is 5.88 Å². The lowest BCUT2D eigenvalue weighted by Gasteiger charge is -2.23. The molecule has 1 unspecified atom stereocenters. The van der Waals surface area contributed by atoms with E-state index in [4.69, 9.17) is 4.74 Å². The Bertz CT molecular complexity index is 335. The maximum atomic E-state index is 5.83. The minimum atomic E-state index is 0.253. The predicted octanol–water partition coefficient (Wildman–Crippen LogP) is 1.73. The van der Waals surface area contributed by atoms with Gasteiger partial charge in [-0.2, -0.15) is 4.98 Å². The maximum absolute atomic E-state index is 5.83. The van der Waals surface area contributed by atoms with Crippen LogP contribution in [-0.2, 0) is 0 Å². The van der Waals surface area contributed by atoms with E-state index in [9.17, 15) is 0 Å². The first kappa shape index (κ1) is 11.3. The highest BCUT2D eigenvalue weighted by atomic mass is 16.5. The first-order valence-corrected chi connectivity index (χ1v) is 5.96. The van der Waals surface area contributed by atoms with Gasteiger partial charge in [-0.15, -0.1) is 0 Å². The fraction of sp³-hybridized carbons (Fsp3) is 0.667. The Labute approximate surface area is 96.4 Å². The molecule has 1 aromatic rings. The number of hydrogen-bond donors (Lipinski definition) is 1. The molecular formula is C12H19N3O. The van der Waals surface area contributed by atoms with E-state index in [1.807, 2.05) is 6.07 Å². The molecule has 16 heavy (non-hydrogen) atoms. The van der Waals surface area contributed by atoms with Gasteiger partial charge in [0, 0.05) is 24.7 Å². The van der Waals surface area contributed by atoms with E-state index in [2.05, 4.69) is 29.1 Å². The second-order valence-electron chi connectivity index (χ2n) is 4.49. The van der Waals surface area contributed by atoms with Gasteiger partial charge < -0.3 is 10.1 Å². The van der Waals surface area contributed by atoms with E-state index in [1.165, 1.54) is 6.42 Å². The molecule has 0 bridgehead atoms. The minimum Gasteiger partial charge on any atom is -0.473 e. The van der Waals surface area contributed by atoms with Gasteiger partial charge in [-0.1, -0.05) is 13.8 Å². The Hall–Kier alpha value is -1.16. The molecule has 2 rings (SSSR count). The molecule has 0 amide bonds. The summed E-state index contributed by atoms with van der Waals surface area (Å²) >= 11 is 0. The molecule has 1 atom stereocenters. The predicted molar refractivity (Wildman–Crippen MR) is 62.6 cm³/mol. The fourth-order valence-electron chi connectivity index (χ4n) is 1.79. The first-order valence-electron chi connectivity index (χ1n) is 5.96. The lowest BCUT2D eigenvalue weighted by Crippen LogP contribution is -2.37. The first-order chi connectivity index (χ1) is 7.75. The molecule has 1 saturated heterocycles. The van der Waals surface area contributed by atoms with Crippen molar-refractivity contribution in [2.75, 3.05) is 13.1 Å². The van der Waals surface area contributed by atoms with Crippen molar-refractivity contribution in [1.82, 2.24) is 15.3 Å². The molecule has 1 N–H and O–H groups in total. The molecule has 1 aliphatic rings. The molecule has 4 nitrogen and oxygen atoms in total. The van der Waals surface area contributed by atoms with Crippen LogP contribution < -0.4 is 10.1 Å². The molecule has 0 saturated carbocycles. The summed E-state index contributed by atoms with van der Waals surface area (Å²) in [4.78, 5) is 8.63. The van der Waals surface area contributed by atoms with Crippen LogP contribution in [0.15, 0.2) is 12.3 Å². The van der Waals surface area contributed by atoms with Gasteiger partial charge in [0.15, 0.2) is 0 Å². The quantitative estimate of drug-likeness (QED) is 0.844. The van der Waals surface area contributed by atoms with Crippen molar-refractivity contribution in [3.63, 3.8) is 0 Å². The van der Waals surface area contributed by atoms with Gasteiger partial charge in [-0.3, -0.25) is 0 Å². The SMILES string of the molecule is CC(C)c1nccc(OC2CCCNC2)n1. The molecule has 1 aliphatic heterocycles. The van der Waals surface area contributed by atoms with Gasteiger partial charge >= 0.3 is 0 Å². The Balaban J connectivity index is 2.00. The maximum Gasteiger partial charge on any atom is 0.216 e. The van der Waals surface area contributed by atoms with Crippen molar-refractivity contribution >= 4 is 0 Å². The summed E-state index contributed by atoms with van der Waals surface area (Å²) in [5.41, 5.74) is 0. The number of nitrogens with one attached hydrogen (secondary N) is 1. The van der Waals surface area contributed by atoms with Gasteiger partial charge in [0.1, 0.15) is 11.9 Å². The summed E-state index contributed by atoms with van der Waals surface area (Å²) in [6, 6.07) is 1.83. The van der Waals surface area contributed by atoms with Crippen LogP contribution in [0.4, 0.5) is 0 Å². The molecule has 0 aromatic carbocycles. The van der Waals surface area contributed by atoms with E-state index in [0.29, 0.717) is 11.8 Å². The smallest absolute Gasteiger partial charge is 0.216 e.